The summed E-state index contributed by atoms with van der Waals surface area (Å²) in [6.45, 7) is 0.429. The third kappa shape index (κ3) is 2.21. The van der Waals surface area contributed by atoms with E-state index >= 15 is 0 Å². The van der Waals surface area contributed by atoms with E-state index < -0.39 is 6.36 Å². The summed E-state index contributed by atoms with van der Waals surface area (Å²) in [5, 5.41) is 3.05. The number of hydrogen-bond acceptors (Lipinski definition) is 3. The lowest BCUT2D eigenvalue weighted by Crippen LogP contribution is -2.20. The summed E-state index contributed by atoms with van der Waals surface area (Å²) < 4.78 is 23.0. The van der Waals surface area contributed by atoms with Crippen LogP contribution >= 0.6 is 0 Å². The highest BCUT2D eigenvalue weighted by atomic mass is 19.1. The maximum Gasteiger partial charge on any atom is 0.291 e. The molecule has 1 aromatic rings. The van der Waals surface area contributed by atoms with Crippen LogP contribution in [0.5, 0.6) is 5.75 Å². The lowest BCUT2D eigenvalue weighted by atomic mass is 10.2. The molecule has 0 aromatic heterocycles. The van der Waals surface area contributed by atoms with E-state index in [2.05, 4.69) is 5.32 Å². The zero-order valence-electron chi connectivity index (χ0n) is 8.50. The monoisotopic (exact) mass is 210 g/mol. The third-order valence-electron chi connectivity index (χ3n) is 2.36. The molecule has 1 heterocycles. The highest BCUT2D eigenvalue weighted by Crippen LogP contribution is 2.29. The van der Waals surface area contributed by atoms with Crippen molar-refractivity contribution < 1.29 is 13.9 Å². The van der Waals surface area contributed by atoms with E-state index in [1.165, 1.54) is 0 Å². The van der Waals surface area contributed by atoms with Gasteiger partial charge >= 0.3 is 0 Å². The van der Waals surface area contributed by atoms with E-state index in [1.807, 2.05) is 24.3 Å². The van der Waals surface area contributed by atoms with Gasteiger partial charge in [0.05, 0.1) is 25.4 Å². The topological polar surface area (TPSA) is 30.5 Å². The maximum absolute atomic E-state index is 13.1. The van der Waals surface area contributed by atoms with Gasteiger partial charge in [0.1, 0.15) is 5.75 Å². The summed E-state index contributed by atoms with van der Waals surface area (Å²) >= 11 is 0. The van der Waals surface area contributed by atoms with Gasteiger partial charge in [0.25, 0.3) is 6.36 Å². The molecule has 1 aliphatic rings. The molecule has 1 radical (unpaired) electrons. The van der Waals surface area contributed by atoms with Crippen LogP contribution in [0.25, 0.3) is 0 Å². The molecule has 15 heavy (non-hydrogen) atoms. The van der Waals surface area contributed by atoms with Gasteiger partial charge in [-0.15, -0.1) is 0 Å². The average Bonchev–Trinajstić information content (AvgIpc) is 2.65. The molecule has 1 aromatic carbocycles. The molecule has 0 amide bonds. The second-order valence-corrected chi connectivity index (χ2v) is 3.34. The van der Waals surface area contributed by atoms with E-state index in [9.17, 15) is 4.39 Å². The minimum Gasteiger partial charge on any atom is -0.495 e. The molecule has 1 atom stereocenters. The molecule has 0 aliphatic carbocycles. The van der Waals surface area contributed by atoms with Crippen molar-refractivity contribution in [3.63, 3.8) is 0 Å². The number of benzene rings is 1. The Bertz CT molecular complexity index is 332. The lowest BCUT2D eigenvalue weighted by Gasteiger charge is -2.16. The molecule has 1 N–H and O–H groups in total. The number of para-hydroxylation sites is 2. The molecule has 1 saturated heterocycles. The van der Waals surface area contributed by atoms with Crippen LogP contribution in [0.15, 0.2) is 24.3 Å². The number of ether oxygens (including phenoxy) is 2. The molecule has 0 bridgehead atoms. The summed E-state index contributed by atoms with van der Waals surface area (Å²) in [6, 6.07) is 7.06. The summed E-state index contributed by atoms with van der Waals surface area (Å²) in [4.78, 5) is 0. The predicted molar refractivity (Wildman–Crippen MR) is 55.3 cm³/mol. The van der Waals surface area contributed by atoms with Gasteiger partial charge in [-0.3, -0.25) is 0 Å². The molecule has 4 heteroatoms. The molecule has 1 unspecified atom stereocenters. The number of methoxy groups -OCH3 is 1. The summed E-state index contributed by atoms with van der Waals surface area (Å²) in [5.74, 6) is 0.706. The number of nitrogens with one attached hydrogen (secondary N) is 1. The normalized spacial score (nSPS) is 21.6. The first-order valence-corrected chi connectivity index (χ1v) is 4.86. The summed E-state index contributed by atoms with van der Waals surface area (Å²) in [7, 11) is 1.59. The molecule has 1 fully saturated rings. The molecule has 1 aliphatic heterocycles. The zero-order chi connectivity index (χ0) is 10.7. The standard InChI is InChI=1S/C11H13FNO2/c1-14-10-5-3-2-4-8(10)13-9-6-7-15-11(9)12/h2-5,9,13H,6-7H2,1H3. The van der Waals surface area contributed by atoms with Crippen LogP contribution in [0.4, 0.5) is 10.1 Å². The maximum atomic E-state index is 13.1. The van der Waals surface area contributed by atoms with Crippen LogP contribution in [-0.2, 0) is 4.74 Å². The van der Waals surface area contributed by atoms with Crippen molar-refractivity contribution in [2.75, 3.05) is 19.0 Å². The predicted octanol–water partition coefficient (Wildman–Crippen LogP) is 2.35. The van der Waals surface area contributed by atoms with Crippen molar-refractivity contribution in [1.29, 1.82) is 0 Å². The lowest BCUT2D eigenvalue weighted by molar-refractivity contribution is 0.108. The average molecular weight is 210 g/mol. The Morgan fingerprint density at radius 2 is 2.27 bits per heavy atom. The number of halogens is 1. The summed E-state index contributed by atoms with van der Waals surface area (Å²) in [6.07, 6.45) is 0.199. The molecule has 0 saturated carbocycles. The number of hydrogen-bond donors (Lipinski definition) is 1. The zero-order valence-corrected chi connectivity index (χ0v) is 8.50. The summed E-state index contributed by atoms with van der Waals surface area (Å²) in [5.41, 5.74) is 0.783. The Morgan fingerprint density at radius 3 is 2.93 bits per heavy atom. The fourth-order valence-electron chi connectivity index (χ4n) is 1.57. The van der Waals surface area contributed by atoms with Crippen molar-refractivity contribution in [2.24, 2.45) is 0 Å². The van der Waals surface area contributed by atoms with Crippen molar-refractivity contribution in [1.82, 2.24) is 0 Å². The van der Waals surface area contributed by atoms with Gasteiger partial charge in [0.2, 0.25) is 0 Å². The van der Waals surface area contributed by atoms with Crippen LogP contribution in [0.3, 0.4) is 0 Å². The fourth-order valence-corrected chi connectivity index (χ4v) is 1.57. The first-order valence-electron chi connectivity index (χ1n) is 4.86. The first-order chi connectivity index (χ1) is 7.31. The Kier molecular flexibility index (Phi) is 3.06. The molecular formula is C11H13FNO2. The van der Waals surface area contributed by atoms with Gasteiger partial charge in [0, 0.05) is 0 Å². The second kappa shape index (κ2) is 4.49. The van der Waals surface area contributed by atoms with Crippen molar-refractivity contribution in [3.05, 3.63) is 30.6 Å². The molecular weight excluding hydrogens is 197 g/mol. The van der Waals surface area contributed by atoms with Gasteiger partial charge in [-0.05, 0) is 18.6 Å². The van der Waals surface area contributed by atoms with E-state index in [1.54, 1.807) is 7.11 Å². The smallest absolute Gasteiger partial charge is 0.291 e. The minimum atomic E-state index is -0.444. The first kappa shape index (κ1) is 10.2. The third-order valence-corrected chi connectivity index (χ3v) is 2.36. The van der Waals surface area contributed by atoms with E-state index in [0.29, 0.717) is 18.8 Å². The molecule has 3 nitrogen and oxygen atoms in total. The van der Waals surface area contributed by atoms with Crippen molar-refractivity contribution in [3.8, 4) is 5.75 Å². The van der Waals surface area contributed by atoms with Crippen LogP contribution in [0.2, 0.25) is 0 Å². The Labute approximate surface area is 88.2 Å². The van der Waals surface area contributed by atoms with Crippen molar-refractivity contribution >= 4 is 5.69 Å². The van der Waals surface area contributed by atoms with E-state index in [-0.39, 0.29) is 6.04 Å². The molecule has 2 rings (SSSR count). The largest absolute Gasteiger partial charge is 0.495 e. The van der Waals surface area contributed by atoms with E-state index in [0.717, 1.165) is 5.69 Å². The van der Waals surface area contributed by atoms with Gasteiger partial charge in [-0.25, -0.2) is 4.39 Å². The van der Waals surface area contributed by atoms with Gasteiger partial charge in [-0.2, -0.15) is 0 Å². The van der Waals surface area contributed by atoms with Gasteiger partial charge in [-0.1, -0.05) is 12.1 Å². The Morgan fingerprint density at radius 1 is 1.47 bits per heavy atom. The number of anilines is 1. The van der Waals surface area contributed by atoms with Crippen LogP contribution < -0.4 is 10.1 Å². The molecule has 0 spiro atoms. The van der Waals surface area contributed by atoms with Gasteiger partial charge < -0.3 is 14.8 Å². The molecule has 81 valence electrons. The van der Waals surface area contributed by atoms with Crippen LogP contribution in [0.1, 0.15) is 6.42 Å². The second-order valence-electron chi connectivity index (χ2n) is 3.34. The Balaban J connectivity index is 2.09. The SMILES string of the molecule is COc1ccccc1NC1CCO[C]1F. The van der Waals surface area contributed by atoms with E-state index in [4.69, 9.17) is 9.47 Å². The number of rotatable bonds is 3. The highest BCUT2D eigenvalue weighted by Gasteiger charge is 2.30. The van der Waals surface area contributed by atoms with Gasteiger partial charge in [0.15, 0.2) is 0 Å². The fraction of sp³-hybridized carbons (Fsp3) is 0.364. The highest BCUT2D eigenvalue weighted by molar-refractivity contribution is 5.57. The Hall–Kier alpha value is -1.29. The van der Waals surface area contributed by atoms with Crippen LogP contribution in [-0.4, -0.2) is 19.8 Å². The minimum absolute atomic E-state index is 0.360. The quantitative estimate of drug-likeness (QED) is 0.830. The van der Waals surface area contributed by atoms with Crippen molar-refractivity contribution in [2.45, 2.75) is 12.5 Å². The van der Waals surface area contributed by atoms with Crippen LogP contribution in [0, 0.1) is 6.36 Å².